The highest BCUT2D eigenvalue weighted by atomic mass is 79.9. The third kappa shape index (κ3) is 4.11. The molecule has 2 aromatic rings. The Morgan fingerprint density at radius 1 is 1.10 bits per heavy atom. The van der Waals surface area contributed by atoms with Crippen molar-refractivity contribution in [3.05, 3.63) is 62.8 Å². The van der Waals surface area contributed by atoms with Gasteiger partial charge in [0.25, 0.3) is 0 Å². The highest BCUT2D eigenvalue weighted by molar-refractivity contribution is 9.10. The quantitative estimate of drug-likeness (QED) is 0.654. The molecule has 0 spiro atoms. The summed E-state index contributed by atoms with van der Waals surface area (Å²) in [7, 11) is 0. The number of benzene rings is 2. The largest absolute Gasteiger partial charge is 0.416 e. The molecule has 0 amide bonds. The Labute approximate surface area is 132 Å². The van der Waals surface area contributed by atoms with Crippen molar-refractivity contribution < 1.29 is 17.6 Å². The Kier molecular flexibility index (Phi) is 4.78. The molecular weight excluding hydrogens is 374 g/mol. The van der Waals surface area contributed by atoms with E-state index in [1.54, 1.807) is 18.2 Å². The van der Waals surface area contributed by atoms with Crippen LogP contribution in [0.3, 0.4) is 0 Å². The van der Waals surface area contributed by atoms with E-state index < -0.39 is 17.6 Å². The molecule has 2 rings (SSSR count). The third-order valence-electron chi connectivity index (χ3n) is 2.78. The van der Waals surface area contributed by atoms with Gasteiger partial charge < -0.3 is 5.32 Å². The van der Waals surface area contributed by atoms with Crippen molar-refractivity contribution in [1.82, 2.24) is 0 Å². The van der Waals surface area contributed by atoms with Crippen LogP contribution >= 0.6 is 27.5 Å². The second kappa shape index (κ2) is 6.23. The molecule has 0 bridgehead atoms. The lowest BCUT2D eigenvalue weighted by Gasteiger charge is -2.15. The molecule has 7 heteroatoms. The smallest absolute Gasteiger partial charge is 0.380 e. The summed E-state index contributed by atoms with van der Waals surface area (Å²) < 4.78 is 52.3. The molecule has 0 fully saturated rings. The Hall–Kier alpha value is -1.27. The minimum atomic E-state index is -4.61. The molecule has 0 aliphatic carbocycles. The molecule has 112 valence electrons. The van der Waals surface area contributed by atoms with Gasteiger partial charge in [0, 0.05) is 16.0 Å². The van der Waals surface area contributed by atoms with Crippen molar-refractivity contribution in [2.75, 3.05) is 5.32 Å². The molecule has 0 aromatic heterocycles. The second-order valence-corrected chi connectivity index (χ2v) is 5.57. The van der Waals surface area contributed by atoms with Crippen LogP contribution in [-0.2, 0) is 12.7 Å². The van der Waals surface area contributed by atoms with E-state index in [4.69, 9.17) is 11.6 Å². The maximum atomic E-state index is 13.0. The Bertz CT molecular complexity index is 658. The fourth-order valence-electron chi connectivity index (χ4n) is 1.79. The van der Waals surface area contributed by atoms with Crippen LogP contribution in [0.5, 0.6) is 0 Å². The van der Waals surface area contributed by atoms with E-state index in [1.807, 2.05) is 0 Å². The van der Waals surface area contributed by atoms with Gasteiger partial charge in [-0.25, -0.2) is 4.39 Å². The fourth-order valence-corrected chi connectivity index (χ4v) is 2.35. The van der Waals surface area contributed by atoms with Gasteiger partial charge in [-0.2, -0.15) is 13.2 Å². The fraction of sp³-hybridized carbons (Fsp3) is 0.143. The van der Waals surface area contributed by atoms with Crippen molar-refractivity contribution in [3.63, 3.8) is 0 Å². The monoisotopic (exact) mass is 381 g/mol. The van der Waals surface area contributed by atoms with Crippen LogP contribution in [0.25, 0.3) is 0 Å². The number of halogens is 6. The van der Waals surface area contributed by atoms with Gasteiger partial charge >= 0.3 is 6.18 Å². The number of nitrogens with one attached hydrogen (secondary N) is 1. The van der Waals surface area contributed by atoms with Crippen molar-refractivity contribution in [3.8, 4) is 0 Å². The summed E-state index contributed by atoms with van der Waals surface area (Å²) in [6, 6.07) is 7.52. The molecule has 1 N–H and O–H groups in total. The number of hydrogen-bond donors (Lipinski definition) is 1. The van der Waals surface area contributed by atoms with Crippen LogP contribution in [0.15, 0.2) is 40.9 Å². The molecule has 0 radical (unpaired) electrons. The Balaban J connectivity index is 2.26. The van der Waals surface area contributed by atoms with Gasteiger partial charge in [0.2, 0.25) is 0 Å². The van der Waals surface area contributed by atoms with Crippen LogP contribution in [0.4, 0.5) is 23.2 Å². The number of rotatable bonds is 3. The highest BCUT2D eigenvalue weighted by Gasteiger charge is 2.33. The first-order chi connectivity index (χ1) is 9.77. The van der Waals surface area contributed by atoms with E-state index in [9.17, 15) is 17.6 Å². The molecule has 0 aliphatic rings. The minimum Gasteiger partial charge on any atom is -0.380 e. The van der Waals surface area contributed by atoms with E-state index in [0.29, 0.717) is 21.2 Å². The molecule has 21 heavy (non-hydrogen) atoms. The summed E-state index contributed by atoms with van der Waals surface area (Å²) in [6.07, 6.45) is -4.61. The van der Waals surface area contributed by atoms with Crippen molar-refractivity contribution in [1.29, 1.82) is 0 Å². The number of anilines is 1. The molecule has 0 aliphatic heterocycles. The van der Waals surface area contributed by atoms with E-state index >= 15 is 0 Å². The molecule has 0 heterocycles. The topological polar surface area (TPSA) is 12.0 Å². The van der Waals surface area contributed by atoms with Crippen molar-refractivity contribution in [2.24, 2.45) is 0 Å². The van der Waals surface area contributed by atoms with Gasteiger partial charge in [-0.05, 0) is 51.8 Å². The van der Waals surface area contributed by atoms with E-state index in [-0.39, 0.29) is 12.1 Å². The van der Waals surface area contributed by atoms with Crippen molar-refractivity contribution in [2.45, 2.75) is 12.7 Å². The lowest BCUT2D eigenvalue weighted by molar-refractivity contribution is -0.138. The summed E-state index contributed by atoms with van der Waals surface area (Å²) in [5.74, 6) is -0.921. The molecule has 2 aromatic carbocycles. The van der Waals surface area contributed by atoms with Crippen molar-refractivity contribution >= 4 is 33.2 Å². The SMILES string of the molecule is Fc1ccc(CNc2cc(Cl)ccc2Br)c(C(F)(F)F)c1. The Morgan fingerprint density at radius 2 is 1.81 bits per heavy atom. The van der Waals surface area contributed by atoms with Gasteiger partial charge in [-0.1, -0.05) is 17.7 Å². The van der Waals surface area contributed by atoms with Gasteiger partial charge in [-0.15, -0.1) is 0 Å². The lowest BCUT2D eigenvalue weighted by atomic mass is 10.1. The van der Waals surface area contributed by atoms with Crippen LogP contribution in [0.1, 0.15) is 11.1 Å². The molecule has 0 saturated heterocycles. The summed E-state index contributed by atoms with van der Waals surface area (Å²) in [4.78, 5) is 0. The second-order valence-electron chi connectivity index (χ2n) is 4.28. The zero-order chi connectivity index (χ0) is 15.6. The predicted octanol–water partition coefficient (Wildman–Crippen LogP) is 5.87. The maximum Gasteiger partial charge on any atom is 0.416 e. The first-order valence-corrected chi connectivity index (χ1v) is 6.99. The molecule has 0 unspecified atom stereocenters. The summed E-state index contributed by atoms with van der Waals surface area (Å²) >= 11 is 9.10. The van der Waals surface area contributed by atoms with Gasteiger partial charge in [0.1, 0.15) is 5.82 Å². The van der Waals surface area contributed by atoms with Gasteiger partial charge in [0.05, 0.1) is 11.3 Å². The average molecular weight is 383 g/mol. The summed E-state index contributed by atoms with van der Waals surface area (Å²) in [5, 5.41) is 3.30. The van der Waals surface area contributed by atoms with E-state index in [2.05, 4.69) is 21.2 Å². The first kappa shape index (κ1) is 16.1. The third-order valence-corrected chi connectivity index (χ3v) is 3.70. The van der Waals surface area contributed by atoms with Crippen LogP contribution < -0.4 is 5.32 Å². The molecule has 0 atom stereocenters. The van der Waals surface area contributed by atoms with Crippen LogP contribution in [0, 0.1) is 5.82 Å². The van der Waals surface area contributed by atoms with Gasteiger partial charge in [0.15, 0.2) is 0 Å². The summed E-state index contributed by atoms with van der Waals surface area (Å²) in [6.45, 7) is -0.103. The van der Waals surface area contributed by atoms with Crippen LogP contribution in [0.2, 0.25) is 5.02 Å². The first-order valence-electron chi connectivity index (χ1n) is 5.82. The molecule has 1 nitrogen and oxygen atoms in total. The molecular formula is C14H9BrClF4N. The summed E-state index contributed by atoms with van der Waals surface area (Å²) in [5.41, 5.74) is -0.483. The van der Waals surface area contributed by atoms with Crippen LogP contribution in [-0.4, -0.2) is 0 Å². The van der Waals surface area contributed by atoms with Gasteiger partial charge in [-0.3, -0.25) is 0 Å². The Morgan fingerprint density at radius 3 is 2.48 bits per heavy atom. The zero-order valence-corrected chi connectivity index (χ0v) is 12.8. The number of hydrogen-bond acceptors (Lipinski definition) is 1. The standard InChI is InChI=1S/C14H9BrClF4N/c15-12-4-2-9(16)5-13(12)21-7-8-1-3-10(17)6-11(8)14(18,19)20/h1-6,21H,7H2. The number of alkyl halides is 3. The minimum absolute atomic E-state index is 0.0456. The highest BCUT2D eigenvalue weighted by Crippen LogP contribution is 2.33. The normalized spacial score (nSPS) is 11.5. The lowest BCUT2D eigenvalue weighted by Crippen LogP contribution is -2.12. The van der Waals surface area contributed by atoms with E-state index in [1.165, 1.54) is 0 Å². The predicted molar refractivity (Wildman–Crippen MR) is 77.9 cm³/mol. The molecule has 0 saturated carbocycles. The average Bonchev–Trinajstić information content (AvgIpc) is 2.40. The maximum absolute atomic E-state index is 13.0. The van der Waals surface area contributed by atoms with E-state index in [0.717, 1.165) is 12.1 Å². The zero-order valence-electron chi connectivity index (χ0n) is 10.4.